The van der Waals surface area contributed by atoms with E-state index >= 15 is 0 Å². The number of nitrogens with one attached hydrogen (secondary N) is 2. The van der Waals surface area contributed by atoms with Crippen molar-refractivity contribution in [1.29, 1.82) is 5.26 Å². The second-order valence-electron chi connectivity index (χ2n) is 10.4. The molecule has 2 aliphatic heterocycles. The number of nitriles is 1. The fourth-order valence-electron chi connectivity index (χ4n) is 5.42. The van der Waals surface area contributed by atoms with E-state index in [1.165, 1.54) is 19.3 Å². The molecule has 3 aliphatic rings. The lowest BCUT2D eigenvalue weighted by Crippen LogP contribution is -2.56. The Morgan fingerprint density at radius 3 is 2.29 bits per heavy atom. The zero-order valence-corrected chi connectivity index (χ0v) is 21.7. The molecule has 0 aromatic heterocycles. The maximum atomic E-state index is 13.7. The standard InChI is InChI=1S/C26H44N6O3/c1-3-35-25(34)29-24(32-15-9-4-5-10-16-32)28-22(19-21-11-7-6-8-12-21)23(33)30-26(20-27)13-17-31(2)18-14-26/h21-22H,3-19H2,1-2H3,(H,30,33)(H,28,29,34). The summed E-state index contributed by atoms with van der Waals surface area (Å²) in [5.41, 5.74) is -0.860. The Bertz CT molecular complexity index is 758. The van der Waals surface area contributed by atoms with Crippen LogP contribution in [-0.2, 0) is 9.53 Å². The summed E-state index contributed by atoms with van der Waals surface area (Å²) in [4.78, 5) is 35.2. The Morgan fingerprint density at radius 2 is 1.69 bits per heavy atom. The first-order valence-electron chi connectivity index (χ1n) is 13.6. The Morgan fingerprint density at radius 1 is 1.06 bits per heavy atom. The molecular weight excluding hydrogens is 444 g/mol. The molecule has 1 aliphatic carbocycles. The van der Waals surface area contributed by atoms with Crippen molar-refractivity contribution in [1.82, 2.24) is 20.4 Å². The topological polar surface area (TPSA) is 110 Å². The molecule has 2 N–H and O–H groups in total. The molecule has 9 heteroatoms. The fraction of sp³-hybridized carbons (Fsp3) is 0.846. The second kappa shape index (κ2) is 13.7. The van der Waals surface area contributed by atoms with Crippen LogP contribution in [0.2, 0.25) is 0 Å². The quantitative estimate of drug-likeness (QED) is 0.438. The molecule has 0 aromatic rings. The molecule has 1 unspecified atom stereocenters. The van der Waals surface area contributed by atoms with Crippen molar-refractivity contribution in [3.05, 3.63) is 0 Å². The van der Waals surface area contributed by atoms with E-state index in [4.69, 9.17) is 9.73 Å². The van der Waals surface area contributed by atoms with Crippen molar-refractivity contribution < 1.29 is 14.3 Å². The molecule has 0 aromatic carbocycles. The van der Waals surface area contributed by atoms with Gasteiger partial charge >= 0.3 is 6.09 Å². The molecule has 3 fully saturated rings. The van der Waals surface area contributed by atoms with Crippen molar-refractivity contribution >= 4 is 18.0 Å². The molecule has 0 bridgehead atoms. The van der Waals surface area contributed by atoms with Gasteiger partial charge in [-0.1, -0.05) is 44.9 Å². The second-order valence-corrected chi connectivity index (χ2v) is 10.4. The van der Waals surface area contributed by atoms with E-state index in [-0.39, 0.29) is 12.5 Å². The summed E-state index contributed by atoms with van der Waals surface area (Å²) < 4.78 is 5.15. The first-order valence-corrected chi connectivity index (χ1v) is 13.6. The maximum absolute atomic E-state index is 13.7. The molecule has 2 saturated heterocycles. The average molecular weight is 489 g/mol. The Hall–Kier alpha value is -2.34. The number of aliphatic imine (C=N–C) groups is 1. The van der Waals surface area contributed by atoms with Crippen molar-refractivity contribution in [2.75, 3.05) is 39.8 Å². The largest absolute Gasteiger partial charge is 0.450 e. The third kappa shape index (κ3) is 8.38. The summed E-state index contributed by atoms with van der Waals surface area (Å²) in [5, 5.41) is 15.9. The molecule has 1 saturated carbocycles. The lowest BCUT2D eigenvalue weighted by Gasteiger charge is -2.37. The number of hydrogen-bond acceptors (Lipinski definition) is 6. The first kappa shape index (κ1) is 27.3. The SMILES string of the molecule is CCOC(=O)N/C(=N\C(CC1CCCCC1)C(=O)NC1(C#N)CCN(C)CC1)N1CCCCCC1. The van der Waals surface area contributed by atoms with Crippen LogP contribution in [0.1, 0.15) is 84.0 Å². The molecule has 0 spiro atoms. The van der Waals surface area contributed by atoms with Crippen molar-refractivity contribution in [2.24, 2.45) is 10.9 Å². The van der Waals surface area contributed by atoms with Gasteiger partial charge in [0.1, 0.15) is 11.6 Å². The number of amides is 2. The van der Waals surface area contributed by atoms with Gasteiger partial charge in [-0.15, -0.1) is 0 Å². The van der Waals surface area contributed by atoms with Gasteiger partial charge in [-0.3, -0.25) is 10.1 Å². The minimum atomic E-state index is -0.860. The highest BCUT2D eigenvalue weighted by molar-refractivity contribution is 5.96. The van der Waals surface area contributed by atoms with E-state index in [1.807, 2.05) is 7.05 Å². The highest BCUT2D eigenvalue weighted by Gasteiger charge is 2.38. The summed E-state index contributed by atoms with van der Waals surface area (Å²) in [6, 6.07) is 1.74. The van der Waals surface area contributed by atoms with Crippen LogP contribution in [0, 0.1) is 17.2 Å². The smallest absolute Gasteiger partial charge is 0.413 e. The third-order valence-electron chi connectivity index (χ3n) is 7.67. The number of ether oxygens (including phenoxy) is 1. The van der Waals surface area contributed by atoms with Crippen LogP contribution in [0.4, 0.5) is 4.79 Å². The van der Waals surface area contributed by atoms with E-state index in [2.05, 4.69) is 26.5 Å². The lowest BCUT2D eigenvalue weighted by molar-refractivity contribution is -0.124. The van der Waals surface area contributed by atoms with Crippen LogP contribution in [0.5, 0.6) is 0 Å². The normalized spacial score (nSPS) is 23.0. The summed E-state index contributed by atoms with van der Waals surface area (Å²) in [7, 11) is 2.04. The number of alkyl carbamates (subject to hydrolysis) is 1. The first-order chi connectivity index (χ1) is 16.9. The van der Waals surface area contributed by atoms with E-state index < -0.39 is 17.7 Å². The van der Waals surface area contributed by atoms with Crippen LogP contribution in [-0.4, -0.2) is 79.2 Å². The highest BCUT2D eigenvalue weighted by atomic mass is 16.5. The Balaban J connectivity index is 1.85. The number of likely N-dealkylation sites (tertiary alicyclic amines) is 2. The molecule has 2 heterocycles. The van der Waals surface area contributed by atoms with Gasteiger partial charge in [0.2, 0.25) is 11.9 Å². The molecule has 3 rings (SSSR count). The van der Waals surface area contributed by atoms with Gasteiger partial charge in [-0.2, -0.15) is 5.26 Å². The molecular formula is C26H44N6O3. The summed E-state index contributed by atoms with van der Waals surface area (Å²) in [6.07, 6.45) is 11.4. The third-order valence-corrected chi connectivity index (χ3v) is 7.67. The number of rotatable bonds is 6. The van der Waals surface area contributed by atoms with E-state index in [0.717, 1.165) is 64.7 Å². The van der Waals surface area contributed by atoms with Gasteiger partial charge in [0.25, 0.3) is 0 Å². The summed E-state index contributed by atoms with van der Waals surface area (Å²) >= 11 is 0. The van der Waals surface area contributed by atoms with Crippen molar-refractivity contribution in [2.45, 2.75) is 95.6 Å². The molecule has 1 atom stereocenters. The monoisotopic (exact) mass is 488 g/mol. The number of carbonyl (C=O) groups is 2. The van der Waals surface area contributed by atoms with Crippen molar-refractivity contribution in [3.63, 3.8) is 0 Å². The molecule has 0 radical (unpaired) electrons. The average Bonchev–Trinajstić information content (AvgIpc) is 3.15. The van der Waals surface area contributed by atoms with Gasteiger partial charge in [-0.05, 0) is 52.0 Å². The maximum Gasteiger partial charge on any atom is 0.413 e. The van der Waals surface area contributed by atoms with Gasteiger partial charge in [-0.25, -0.2) is 9.79 Å². The number of piperidine rings is 1. The number of hydrogen-bond donors (Lipinski definition) is 2. The fourth-order valence-corrected chi connectivity index (χ4v) is 5.42. The molecule has 2 amide bonds. The molecule has 196 valence electrons. The molecule has 9 nitrogen and oxygen atoms in total. The van der Waals surface area contributed by atoms with Gasteiger partial charge < -0.3 is 19.9 Å². The van der Waals surface area contributed by atoms with E-state index in [0.29, 0.717) is 31.1 Å². The van der Waals surface area contributed by atoms with Crippen LogP contribution in [0.15, 0.2) is 4.99 Å². The zero-order valence-electron chi connectivity index (χ0n) is 21.7. The van der Waals surface area contributed by atoms with Crippen LogP contribution in [0.3, 0.4) is 0 Å². The predicted molar refractivity (Wildman–Crippen MR) is 136 cm³/mol. The molecule has 35 heavy (non-hydrogen) atoms. The number of nitrogens with zero attached hydrogens (tertiary/aromatic N) is 4. The number of guanidine groups is 1. The van der Waals surface area contributed by atoms with Crippen LogP contribution < -0.4 is 10.6 Å². The zero-order chi connectivity index (χ0) is 25.1. The minimum Gasteiger partial charge on any atom is -0.450 e. The highest BCUT2D eigenvalue weighted by Crippen LogP contribution is 2.29. The Labute approximate surface area is 210 Å². The summed E-state index contributed by atoms with van der Waals surface area (Å²) in [5.74, 6) is 0.641. The minimum absolute atomic E-state index is 0.209. The van der Waals surface area contributed by atoms with Gasteiger partial charge in [0.15, 0.2) is 0 Å². The van der Waals surface area contributed by atoms with Crippen molar-refractivity contribution in [3.8, 4) is 6.07 Å². The van der Waals surface area contributed by atoms with Gasteiger partial charge in [0, 0.05) is 26.2 Å². The van der Waals surface area contributed by atoms with E-state index in [9.17, 15) is 14.9 Å². The Kier molecular flexibility index (Phi) is 10.6. The van der Waals surface area contributed by atoms with Crippen LogP contribution >= 0.6 is 0 Å². The summed E-state index contributed by atoms with van der Waals surface area (Å²) in [6.45, 7) is 5.16. The van der Waals surface area contributed by atoms with Gasteiger partial charge in [0.05, 0.1) is 12.7 Å². The lowest BCUT2D eigenvalue weighted by atomic mass is 9.84. The number of carbonyl (C=O) groups excluding carboxylic acids is 2. The predicted octanol–water partition coefficient (Wildman–Crippen LogP) is 3.41. The van der Waals surface area contributed by atoms with E-state index in [1.54, 1.807) is 6.92 Å². The van der Waals surface area contributed by atoms with Crippen LogP contribution in [0.25, 0.3) is 0 Å².